The average molecular weight is 421 g/mol. The summed E-state index contributed by atoms with van der Waals surface area (Å²) in [7, 11) is 0. The van der Waals surface area contributed by atoms with Crippen LogP contribution in [0.15, 0.2) is 42.5 Å². The van der Waals surface area contributed by atoms with Crippen LogP contribution < -0.4 is 15.0 Å². The Morgan fingerprint density at radius 2 is 1.84 bits per heavy atom. The molecule has 2 aromatic rings. The highest BCUT2D eigenvalue weighted by Crippen LogP contribution is 2.33. The van der Waals surface area contributed by atoms with Crippen molar-refractivity contribution in [1.29, 1.82) is 0 Å². The number of nitrogens with zero attached hydrogens (tertiary/aromatic N) is 2. The number of aryl methyl sites for hydroxylation is 2. The summed E-state index contributed by atoms with van der Waals surface area (Å²) in [6, 6.07) is 13.7. The van der Waals surface area contributed by atoms with Crippen molar-refractivity contribution < 1.29 is 19.1 Å². The van der Waals surface area contributed by atoms with Gasteiger partial charge in [0.15, 0.2) is 6.10 Å². The molecule has 162 valence electrons. The van der Waals surface area contributed by atoms with Crippen LogP contribution in [0.3, 0.4) is 0 Å². The first-order chi connectivity index (χ1) is 15.2. The van der Waals surface area contributed by atoms with Gasteiger partial charge >= 0.3 is 0 Å². The predicted octanol–water partition coefficient (Wildman–Crippen LogP) is 2.24. The van der Waals surface area contributed by atoms with Gasteiger partial charge in [0.05, 0.1) is 32.0 Å². The van der Waals surface area contributed by atoms with E-state index in [0.717, 1.165) is 24.2 Å². The first-order valence-electron chi connectivity index (χ1n) is 11.0. The molecule has 1 aliphatic carbocycles. The number of nitrogens with one attached hydrogen (secondary N) is 1. The molecule has 1 fully saturated rings. The maximum Gasteiger partial charge on any atom is 0.265 e. The number of hydrogen-bond acceptors (Lipinski definition) is 5. The smallest absolute Gasteiger partial charge is 0.265 e. The van der Waals surface area contributed by atoms with E-state index in [9.17, 15) is 9.59 Å². The van der Waals surface area contributed by atoms with Gasteiger partial charge in [0.2, 0.25) is 5.91 Å². The topological polar surface area (TPSA) is 71.1 Å². The summed E-state index contributed by atoms with van der Waals surface area (Å²) in [6.07, 6.45) is 2.73. The van der Waals surface area contributed by atoms with Crippen LogP contribution in [0.2, 0.25) is 0 Å². The number of carbonyl (C=O) groups excluding carboxylic acids is 2. The zero-order valence-electron chi connectivity index (χ0n) is 17.5. The Balaban J connectivity index is 1.30. The third-order valence-electron chi connectivity index (χ3n) is 6.18. The fraction of sp³-hybridized carbons (Fsp3) is 0.417. The van der Waals surface area contributed by atoms with Gasteiger partial charge in [0.1, 0.15) is 5.75 Å². The lowest BCUT2D eigenvalue weighted by atomic mass is 10.1. The summed E-state index contributed by atoms with van der Waals surface area (Å²) >= 11 is 0. The summed E-state index contributed by atoms with van der Waals surface area (Å²) in [5, 5.41) is 3.02. The minimum Gasteiger partial charge on any atom is -0.477 e. The molecule has 0 unspecified atom stereocenters. The SMILES string of the molecule is O=C(CN1C[C@H](C(=O)N2CCOCC2)Oc2ccccc21)Nc1ccc2c(c1)CCC2. The van der Waals surface area contributed by atoms with E-state index in [1.807, 2.05) is 35.2 Å². The summed E-state index contributed by atoms with van der Waals surface area (Å²) in [4.78, 5) is 29.6. The molecule has 3 aliphatic rings. The number of anilines is 2. The monoisotopic (exact) mass is 421 g/mol. The molecule has 7 heteroatoms. The Labute approximate surface area is 181 Å². The Bertz CT molecular complexity index is 987. The van der Waals surface area contributed by atoms with Crippen molar-refractivity contribution in [1.82, 2.24) is 4.90 Å². The number of amides is 2. The Hall–Kier alpha value is -3.06. The third-order valence-corrected chi connectivity index (χ3v) is 6.18. The van der Waals surface area contributed by atoms with Crippen LogP contribution in [-0.4, -0.2) is 62.2 Å². The van der Waals surface area contributed by atoms with Crippen molar-refractivity contribution in [2.45, 2.75) is 25.4 Å². The molecule has 31 heavy (non-hydrogen) atoms. The van der Waals surface area contributed by atoms with E-state index < -0.39 is 6.10 Å². The van der Waals surface area contributed by atoms with Crippen LogP contribution in [0.25, 0.3) is 0 Å². The quantitative estimate of drug-likeness (QED) is 0.820. The second-order valence-electron chi connectivity index (χ2n) is 8.28. The Kier molecular flexibility index (Phi) is 5.51. The van der Waals surface area contributed by atoms with Crippen LogP contribution in [-0.2, 0) is 27.2 Å². The number of ether oxygens (including phenoxy) is 2. The molecular formula is C24H27N3O4. The second-order valence-corrected chi connectivity index (χ2v) is 8.28. The maximum atomic E-state index is 13.0. The Morgan fingerprint density at radius 3 is 2.71 bits per heavy atom. The van der Waals surface area contributed by atoms with Crippen LogP contribution >= 0.6 is 0 Å². The number of morpholine rings is 1. The zero-order valence-corrected chi connectivity index (χ0v) is 17.5. The van der Waals surface area contributed by atoms with E-state index in [1.165, 1.54) is 17.5 Å². The summed E-state index contributed by atoms with van der Waals surface area (Å²) in [5.41, 5.74) is 4.36. The van der Waals surface area contributed by atoms with Crippen LogP contribution in [0.5, 0.6) is 5.75 Å². The molecule has 0 aromatic heterocycles. The van der Waals surface area contributed by atoms with Gasteiger partial charge in [-0.1, -0.05) is 18.2 Å². The molecule has 0 bridgehead atoms. The van der Waals surface area contributed by atoms with E-state index in [1.54, 1.807) is 4.90 Å². The van der Waals surface area contributed by atoms with Crippen molar-refractivity contribution in [3.63, 3.8) is 0 Å². The largest absolute Gasteiger partial charge is 0.477 e. The highest BCUT2D eigenvalue weighted by molar-refractivity contribution is 5.95. The Morgan fingerprint density at radius 1 is 1.03 bits per heavy atom. The van der Waals surface area contributed by atoms with Gasteiger partial charge in [-0.2, -0.15) is 0 Å². The fourth-order valence-corrected chi connectivity index (χ4v) is 4.60. The van der Waals surface area contributed by atoms with Gasteiger partial charge in [-0.15, -0.1) is 0 Å². The lowest BCUT2D eigenvalue weighted by Crippen LogP contribution is -2.53. The summed E-state index contributed by atoms with van der Waals surface area (Å²) in [5.74, 6) is 0.472. The molecule has 1 N–H and O–H groups in total. The average Bonchev–Trinajstić information content (AvgIpc) is 3.27. The number of benzene rings is 2. The van der Waals surface area contributed by atoms with Crippen molar-refractivity contribution >= 4 is 23.2 Å². The molecule has 2 aromatic carbocycles. The molecule has 5 rings (SSSR count). The normalized spacial score (nSPS) is 19.9. The molecule has 0 spiro atoms. The van der Waals surface area contributed by atoms with Gasteiger partial charge in [-0.3, -0.25) is 9.59 Å². The summed E-state index contributed by atoms with van der Waals surface area (Å²) < 4.78 is 11.4. The van der Waals surface area contributed by atoms with Crippen molar-refractivity contribution in [3.05, 3.63) is 53.6 Å². The predicted molar refractivity (Wildman–Crippen MR) is 118 cm³/mol. The van der Waals surface area contributed by atoms with E-state index in [2.05, 4.69) is 17.4 Å². The molecule has 1 saturated heterocycles. The number of rotatable bonds is 4. The summed E-state index contributed by atoms with van der Waals surface area (Å²) in [6.45, 7) is 2.72. The minimum atomic E-state index is -0.638. The van der Waals surface area contributed by atoms with E-state index >= 15 is 0 Å². The number of hydrogen-bond donors (Lipinski definition) is 1. The molecule has 2 aliphatic heterocycles. The molecular weight excluding hydrogens is 394 g/mol. The lowest BCUT2D eigenvalue weighted by Gasteiger charge is -2.38. The van der Waals surface area contributed by atoms with Gasteiger partial charge in [-0.05, 0) is 54.7 Å². The highest BCUT2D eigenvalue weighted by Gasteiger charge is 2.34. The van der Waals surface area contributed by atoms with Crippen LogP contribution in [0, 0.1) is 0 Å². The standard InChI is InChI=1S/C24H27N3O4/c28-23(25-19-9-8-17-4-3-5-18(17)14-19)16-27-15-22(24(29)26-10-12-30-13-11-26)31-21-7-2-1-6-20(21)27/h1-2,6-9,14,22H,3-5,10-13,15-16H2,(H,25,28)/t22-/m1/s1. The van der Waals surface area contributed by atoms with Crippen LogP contribution in [0.4, 0.5) is 11.4 Å². The highest BCUT2D eigenvalue weighted by atomic mass is 16.5. The van der Waals surface area contributed by atoms with Gasteiger partial charge in [0, 0.05) is 18.8 Å². The molecule has 7 nitrogen and oxygen atoms in total. The van der Waals surface area contributed by atoms with Gasteiger partial charge in [-0.25, -0.2) is 0 Å². The molecule has 2 amide bonds. The minimum absolute atomic E-state index is 0.0539. The zero-order chi connectivity index (χ0) is 21.2. The number of para-hydroxylation sites is 2. The van der Waals surface area contributed by atoms with Gasteiger partial charge in [0.25, 0.3) is 5.91 Å². The van der Waals surface area contributed by atoms with Crippen LogP contribution in [0.1, 0.15) is 17.5 Å². The molecule has 0 radical (unpaired) electrons. The lowest BCUT2D eigenvalue weighted by molar-refractivity contribution is -0.142. The second kappa shape index (κ2) is 8.59. The van der Waals surface area contributed by atoms with E-state index in [0.29, 0.717) is 38.6 Å². The van der Waals surface area contributed by atoms with Crippen molar-refractivity contribution in [2.75, 3.05) is 49.6 Å². The maximum absolute atomic E-state index is 13.0. The van der Waals surface area contributed by atoms with Gasteiger partial charge < -0.3 is 24.6 Å². The first-order valence-corrected chi connectivity index (χ1v) is 11.0. The van der Waals surface area contributed by atoms with E-state index in [4.69, 9.17) is 9.47 Å². The van der Waals surface area contributed by atoms with E-state index in [-0.39, 0.29) is 18.4 Å². The first kappa shape index (κ1) is 19.9. The van der Waals surface area contributed by atoms with Crippen molar-refractivity contribution in [2.24, 2.45) is 0 Å². The fourth-order valence-electron chi connectivity index (χ4n) is 4.60. The van der Waals surface area contributed by atoms with Crippen molar-refractivity contribution in [3.8, 4) is 5.75 Å². The molecule has 0 saturated carbocycles. The third kappa shape index (κ3) is 4.23. The molecule has 2 heterocycles. The molecule has 1 atom stereocenters. The number of fused-ring (bicyclic) bond motifs is 2. The number of carbonyl (C=O) groups is 2.